The van der Waals surface area contributed by atoms with Crippen molar-refractivity contribution in [1.29, 1.82) is 0 Å². The van der Waals surface area contributed by atoms with Gasteiger partial charge in [-0.1, -0.05) is 36.8 Å². The number of carbonyl (C=O) groups excluding carboxylic acids is 1. The normalized spacial score (nSPS) is 14.2. The minimum absolute atomic E-state index is 0.136. The molecule has 0 saturated heterocycles. The largest absolute Gasteiger partial charge is 0.465 e. The second kappa shape index (κ2) is 5.15. The number of benzene rings is 1. The zero-order valence-corrected chi connectivity index (χ0v) is 10.5. The number of hydrogen-bond acceptors (Lipinski definition) is 2. The van der Waals surface area contributed by atoms with Crippen molar-refractivity contribution in [3.63, 3.8) is 0 Å². The van der Waals surface area contributed by atoms with Gasteiger partial charge in [-0.05, 0) is 32.8 Å². The SMILES string of the molecule is CCOC(=O)C(C)(CC)c1cccc(C)c1. The van der Waals surface area contributed by atoms with Gasteiger partial charge in [-0.15, -0.1) is 0 Å². The Morgan fingerprint density at radius 1 is 1.38 bits per heavy atom. The fourth-order valence-electron chi connectivity index (χ4n) is 1.74. The summed E-state index contributed by atoms with van der Waals surface area (Å²) in [5, 5.41) is 0. The maximum absolute atomic E-state index is 12.0. The average Bonchev–Trinajstić information content (AvgIpc) is 2.28. The van der Waals surface area contributed by atoms with Crippen molar-refractivity contribution < 1.29 is 9.53 Å². The standard InChI is InChI=1S/C14H20O2/c1-5-14(4,13(15)16-6-2)12-9-7-8-11(3)10-12/h7-10H,5-6H2,1-4H3. The molecule has 0 spiro atoms. The molecule has 1 aromatic rings. The van der Waals surface area contributed by atoms with Crippen molar-refractivity contribution in [3.8, 4) is 0 Å². The number of carbonyl (C=O) groups is 1. The van der Waals surface area contributed by atoms with Gasteiger partial charge in [0.2, 0.25) is 0 Å². The van der Waals surface area contributed by atoms with Gasteiger partial charge in [-0.2, -0.15) is 0 Å². The molecule has 0 aromatic heterocycles. The molecular weight excluding hydrogens is 200 g/mol. The second-order valence-corrected chi connectivity index (χ2v) is 4.28. The van der Waals surface area contributed by atoms with Crippen molar-refractivity contribution in [2.24, 2.45) is 0 Å². The Hall–Kier alpha value is -1.31. The van der Waals surface area contributed by atoms with Crippen LogP contribution >= 0.6 is 0 Å². The molecule has 2 nitrogen and oxygen atoms in total. The molecule has 1 atom stereocenters. The number of aryl methyl sites for hydroxylation is 1. The van der Waals surface area contributed by atoms with Gasteiger partial charge in [0, 0.05) is 0 Å². The lowest BCUT2D eigenvalue weighted by atomic mass is 9.79. The average molecular weight is 220 g/mol. The maximum Gasteiger partial charge on any atom is 0.316 e. The van der Waals surface area contributed by atoms with Crippen molar-refractivity contribution in [2.45, 2.75) is 39.5 Å². The maximum atomic E-state index is 12.0. The summed E-state index contributed by atoms with van der Waals surface area (Å²) in [7, 11) is 0. The third-order valence-electron chi connectivity index (χ3n) is 3.09. The Morgan fingerprint density at radius 2 is 2.06 bits per heavy atom. The van der Waals surface area contributed by atoms with Gasteiger partial charge in [0.25, 0.3) is 0 Å². The van der Waals surface area contributed by atoms with Gasteiger partial charge in [0.15, 0.2) is 0 Å². The lowest BCUT2D eigenvalue weighted by Gasteiger charge is -2.26. The Balaban J connectivity index is 3.09. The molecule has 0 fully saturated rings. The highest BCUT2D eigenvalue weighted by Crippen LogP contribution is 2.29. The zero-order valence-electron chi connectivity index (χ0n) is 10.5. The van der Waals surface area contributed by atoms with Crippen LogP contribution in [0.15, 0.2) is 24.3 Å². The topological polar surface area (TPSA) is 26.3 Å². The molecule has 1 aromatic carbocycles. The van der Waals surface area contributed by atoms with Crippen LogP contribution < -0.4 is 0 Å². The van der Waals surface area contributed by atoms with Crippen molar-refractivity contribution >= 4 is 5.97 Å². The number of ether oxygens (including phenoxy) is 1. The van der Waals surface area contributed by atoms with E-state index >= 15 is 0 Å². The number of esters is 1. The van der Waals surface area contributed by atoms with E-state index in [1.54, 1.807) is 0 Å². The summed E-state index contributed by atoms with van der Waals surface area (Å²) in [5.74, 6) is -0.136. The van der Waals surface area contributed by atoms with Crippen LogP contribution in [0.3, 0.4) is 0 Å². The lowest BCUT2D eigenvalue weighted by molar-refractivity contribution is -0.149. The minimum Gasteiger partial charge on any atom is -0.465 e. The molecule has 1 rings (SSSR count). The number of hydrogen-bond donors (Lipinski definition) is 0. The van der Waals surface area contributed by atoms with Gasteiger partial charge >= 0.3 is 5.97 Å². The first-order chi connectivity index (χ1) is 7.54. The summed E-state index contributed by atoms with van der Waals surface area (Å²) in [6.07, 6.45) is 0.745. The predicted octanol–water partition coefficient (Wildman–Crippen LogP) is 3.23. The lowest BCUT2D eigenvalue weighted by Crippen LogP contribution is -2.33. The second-order valence-electron chi connectivity index (χ2n) is 4.28. The van der Waals surface area contributed by atoms with Crippen LogP contribution in [0.2, 0.25) is 0 Å². The van der Waals surface area contributed by atoms with Crippen molar-refractivity contribution in [3.05, 3.63) is 35.4 Å². The van der Waals surface area contributed by atoms with Crippen LogP contribution in [0.25, 0.3) is 0 Å². The van der Waals surface area contributed by atoms with Crippen LogP contribution in [0.1, 0.15) is 38.3 Å². The summed E-state index contributed by atoms with van der Waals surface area (Å²) >= 11 is 0. The van der Waals surface area contributed by atoms with E-state index in [-0.39, 0.29) is 5.97 Å². The van der Waals surface area contributed by atoms with Gasteiger partial charge in [-0.25, -0.2) is 0 Å². The molecule has 0 saturated carbocycles. The first kappa shape index (κ1) is 12.8. The van der Waals surface area contributed by atoms with E-state index < -0.39 is 5.41 Å². The summed E-state index contributed by atoms with van der Waals surface area (Å²) in [4.78, 5) is 12.0. The van der Waals surface area contributed by atoms with E-state index in [2.05, 4.69) is 6.07 Å². The first-order valence-electron chi connectivity index (χ1n) is 5.79. The van der Waals surface area contributed by atoms with E-state index in [4.69, 9.17) is 4.74 Å². The Bertz CT molecular complexity index is 371. The molecule has 1 unspecified atom stereocenters. The summed E-state index contributed by atoms with van der Waals surface area (Å²) in [6.45, 7) is 8.26. The molecule has 0 radical (unpaired) electrons. The van der Waals surface area contributed by atoms with Gasteiger partial charge < -0.3 is 4.74 Å². The van der Waals surface area contributed by atoms with Gasteiger partial charge in [0.1, 0.15) is 0 Å². The van der Waals surface area contributed by atoms with Crippen LogP contribution in [0.5, 0.6) is 0 Å². The van der Waals surface area contributed by atoms with Gasteiger partial charge in [0.05, 0.1) is 12.0 Å². The van der Waals surface area contributed by atoms with E-state index in [0.717, 1.165) is 12.0 Å². The Kier molecular flexibility index (Phi) is 4.11. The molecule has 16 heavy (non-hydrogen) atoms. The molecule has 0 aliphatic rings. The third kappa shape index (κ3) is 2.43. The first-order valence-corrected chi connectivity index (χ1v) is 5.79. The van der Waals surface area contributed by atoms with Crippen LogP contribution in [-0.2, 0) is 14.9 Å². The molecule has 0 bridgehead atoms. The summed E-state index contributed by atoms with van der Waals surface area (Å²) in [5.41, 5.74) is 1.68. The predicted molar refractivity (Wildman–Crippen MR) is 65.5 cm³/mol. The molecular formula is C14H20O2. The molecule has 0 N–H and O–H groups in total. The molecule has 0 amide bonds. The third-order valence-corrected chi connectivity index (χ3v) is 3.09. The fourth-order valence-corrected chi connectivity index (χ4v) is 1.74. The molecule has 2 heteroatoms. The highest BCUT2D eigenvalue weighted by molar-refractivity contribution is 5.82. The molecule has 0 aliphatic heterocycles. The van der Waals surface area contributed by atoms with Crippen LogP contribution in [-0.4, -0.2) is 12.6 Å². The van der Waals surface area contributed by atoms with E-state index in [0.29, 0.717) is 6.61 Å². The summed E-state index contributed by atoms with van der Waals surface area (Å²) < 4.78 is 5.15. The quantitative estimate of drug-likeness (QED) is 0.728. The highest BCUT2D eigenvalue weighted by atomic mass is 16.5. The van der Waals surface area contributed by atoms with Crippen molar-refractivity contribution in [1.82, 2.24) is 0 Å². The smallest absolute Gasteiger partial charge is 0.316 e. The molecule has 0 heterocycles. The Morgan fingerprint density at radius 3 is 2.56 bits per heavy atom. The van der Waals surface area contributed by atoms with Crippen molar-refractivity contribution in [2.75, 3.05) is 6.61 Å². The minimum atomic E-state index is -0.526. The Labute approximate surface area is 97.6 Å². The van der Waals surface area contributed by atoms with E-state index in [1.165, 1.54) is 5.56 Å². The zero-order chi connectivity index (χ0) is 12.2. The van der Waals surface area contributed by atoms with Crippen LogP contribution in [0, 0.1) is 6.92 Å². The highest BCUT2D eigenvalue weighted by Gasteiger charge is 2.34. The fraction of sp³-hybridized carbons (Fsp3) is 0.500. The number of rotatable bonds is 4. The monoisotopic (exact) mass is 220 g/mol. The van der Waals surface area contributed by atoms with Gasteiger partial charge in [-0.3, -0.25) is 4.79 Å². The van der Waals surface area contributed by atoms with E-state index in [9.17, 15) is 4.79 Å². The van der Waals surface area contributed by atoms with Crippen LogP contribution in [0.4, 0.5) is 0 Å². The summed E-state index contributed by atoms with van der Waals surface area (Å²) in [6, 6.07) is 8.07. The molecule has 0 aliphatic carbocycles. The molecule has 88 valence electrons. The van der Waals surface area contributed by atoms with E-state index in [1.807, 2.05) is 45.9 Å².